The summed E-state index contributed by atoms with van der Waals surface area (Å²) in [6, 6.07) is 2.20. The van der Waals surface area contributed by atoms with E-state index in [0.29, 0.717) is 13.1 Å². The predicted molar refractivity (Wildman–Crippen MR) is 81.2 cm³/mol. The Morgan fingerprint density at radius 3 is 2.76 bits per heavy atom. The second kappa shape index (κ2) is 6.28. The largest absolute Gasteiger partial charge is 0.444 e. The molecule has 0 aliphatic carbocycles. The van der Waals surface area contributed by atoms with Gasteiger partial charge in [-0.3, -0.25) is 0 Å². The Morgan fingerprint density at radius 1 is 1.43 bits per heavy atom. The Hall–Kier alpha value is -1.85. The van der Waals surface area contributed by atoms with E-state index < -0.39 is 5.60 Å². The molecule has 1 aromatic rings. The van der Waals surface area contributed by atoms with Crippen LogP contribution in [-0.4, -0.2) is 45.7 Å². The van der Waals surface area contributed by atoms with Crippen LogP contribution in [0.3, 0.4) is 0 Å². The highest BCUT2D eigenvalue weighted by Gasteiger charge is 2.33. The van der Waals surface area contributed by atoms with Gasteiger partial charge in [-0.2, -0.15) is 0 Å². The van der Waals surface area contributed by atoms with Crippen molar-refractivity contribution in [1.82, 2.24) is 14.9 Å². The molecule has 1 aliphatic rings. The second-order valence-electron chi connectivity index (χ2n) is 6.37. The normalized spacial score (nSPS) is 15.5. The average molecular weight is 292 g/mol. The first kappa shape index (κ1) is 15.5. The van der Waals surface area contributed by atoms with Crippen LogP contribution in [0.2, 0.25) is 0 Å². The molecule has 0 saturated carbocycles. The zero-order valence-corrected chi connectivity index (χ0v) is 13.2. The maximum Gasteiger partial charge on any atom is 0.410 e. The summed E-state index contributed by atoms with van der Waals surface area (Å²) in [6.07, 6.45) is 3.34. The summed E-state index contributed by atoms with van der Waals surface area (Å²) in [5.41, 5.74) is 0.593. The first-order chi connectivity index (χ1) is 9.87. The fourth-order valence-electron chi connectivity index (χ4n) is 2.12. The van der Waals surface area contributed by atoms with Gasteiger partial charge < -0.3 is 15.0 Å². The molecule has 21 heavy (non-hydrogen) atoms. The van der Waals surface area contributed by atoms with Crippen LogP contribution in [-0.2, 0) is 11.2 Å². The zero-order valence-electron chi connectivity index (χ0n) is 13.2. The molecule has 1 saturated heterocycles. The number of aryl methyl sites for hydroxylation is 1. The maximum absolute atomic E-state index is 11.8. The lowest BCUT2D eigenvalue weighted by atomic mass is 10.1. The first-order valence-electron chi connectivity index (χ1n) is 7.43. The molecule has 2 heterocycles. The van der Waals surface area contributed by atoms with E-state index in [1.807, 2.05) is 26.8 Å². The number of carbonyl (C=O) groups is 1. The summed E-state index contributed by atoms with van der Waals surface area (Å²) in [4.78, 5) is 22.0. The molecule has 1 fully saturated rings. The van der Waals surface area contributed by atoms with Crippen molar-refractivity contribution in [2.45, 2.75) is 52.2 Å². The molecule has 1 aromatic heterocycles. The van der Waals surface area contributed by atoms with Gasteiger partial charge in [0.15, 0.2) is 0 Å². The molecule has 0 aromatic carbocycles. The molecule has 0 spiro atoms. The third kappa shape index (κ3) is 4.58. The molecule has 0 bridgehead atoms. The molecule has 1 aliphatic heterocycles. The van der Waals surface area contributed by atoms with Crippen molar-refractivity contribution in [3.05, 3.63) is 18.1 Å². The Kier molecular flexibility index (Phi) is 4.65. The van der Waals surface area contributed by atoms with Crippen LogP contribution >= 0.6 is 0 Å². The monoisotopic (exact) mass is 292 g/mol. The quantitative estimate of drug-likeness (QED) is 0.923. The molecular weight excluding hydrogens is 268 g/mol. The van der Waals surface area contributed by atoms with Gasteiger partial charge in [0, 0.05) is 24.8 Å². The van der Waals surface area contributed by atoms with Crippen molar-refractivity contribution < 1.29 is 9.53 Å². The highest BCUT2D eigenvalue weighted by atomic mass is 16.6. The van der Waals surface area contributed by atoms with Gasteiger partial charge in [0.05, 0.1) is 6.04 Å². The number of rotatable bonds is 4. The molecule has 0 radical (unpaired) electrons. The SMILES string of the molecule is CCCc1cc(NC2CN(C(=O)OC(C)(C)C)C2)ncn1. The van der Waals surface area contributed by atoms with Crippen molar-refractivity contribution in [2.24, 2.45) is 0 Å². The van der Waals surface area contributed by atoms with Crippen molar-refractivity contribution >= 4 is 11.9 Å². The van der Waals surface area contributed by atoms with Gasteiger partial charge in [-0.1, -0.05) is 13.3 Å². The summed E-state index contributed by atoms with van der Waals surface area (Å²) in [6.45, 7) is 9.02. The van der Waals surface area contributed by atoms with Crippen LogP contribution in [0.15, 0.2) is 12.4 Å². The molecule has 116 valence electrons. The molecule has 0 unspecified atom stereocenters. The number of ether oxygens (including phenoxy) is 1. The summed E-state index contributed by atoms with van der Waals surface area (Å²) in [7, 11) is 0. The molecule has 1 N–H and O–H groups in total. The standard InChI is InChI=1S/C15H24N4O2/c1-5-6-11-7-13(17-10-16-11)18-12-8-19(9-12)14(20)21-15(2,3)4/h7,10,12H,5-6,8-9H2,1-4H3,(H,16,17,18). The van der Waals surface area contributed by atoms with Gasteiger partial charge in [0.2, 0.25) is 0 Å². The number of hydrogen-bond donors (Lipinski definition) is 1. The molecule has 0 atom stereocenters. The summed E-state index contributed by atoms with van der Waals surface area (Å²) in [5.74, 6) is 0.822. The van der Waals surface area contributed by atoms with E-state index in [-0.39, 0.29) is 12.1 Å². The number of nitrogens with zero attached hydrogens (tertiary/aromatic N) is 3. The third-order valence-corrected chi connectivity index (χ3v) is 3.12. The molecular formula is C15H24N4O2. The Bertz CT molecular complexity index is 493. The number of nitrogens with one attached hydrogen (secondary N) is 1. The number of hydrogen-bond acceptors (Lipinski definition) is 5. The van der Waals surface area contributed by atoms with E-state index in [2.05, 4.69) is 22.2 Å². The van der Waals surface area contributed by atoms with Crippen LogP contribution in [0.5, 0.6) is 0 Å². The van der Waals surface area contributed by atoms with E-state index in [1.165, 1.54) is 0 Å². The van der Waals surface area contributed by atoms with Gasteiger partial charge in [-0.05, 0) is 27.2 Å². The number of aromatic nitrogens is 2. The highest BCUT2D eigenvalue weighted by Crippen LogP contribution is 2.18. The first-order valence-corrected chi connectivity index (χ1v) is 7.43. The van der Waals surface area contributed by atoms with Gasteiger partial charge in [-0.25, -0.2) is 14.8 Å². The van der Waals surface area contributed by atoms with E-state index >= 15 is 0 Å². The molecule has 2 rings (SSSR count). The Morgan fingerprint density at radius 2 is 2.14 bits per heavy atom. The number of likely N-dealkylation sites (tertiary alicyclic amines) is 1. The summed E-state index contributed by atoms with van der Waals surface area (Å²) < 4.78 is 5.32. The molecule has 6 heteroatoms. The lowest BCUT2D eigenvalue weighted by Crippen LogP contribution is -2.58. The van der Waals surface area contributed by atoms with Gasteiger partial charge in [0.1, 0.15) is 17.7 Å². The summed E-state index contributed by atoms with van der Waals surface area (Å²) >= 11 is 0. The number of anilines is 1. The minimum atomic E-state index is -0.447. The highest BCUT2D eigenvalue weighted by molar-refractivity contribution is 5.69. The van der Waals surface area contributed by atoms with Crippen LogP contribution in [0.25, 0.3) is 0 Å². The van der Waals surface area contributed by atoms with Crippen LogP contribution in [0.4, 0.5) is 10.6 Å². The summed E-state index contributed by atoms with van der Waals surface area (Å²) in [5, 5.41) is 3.32. The second-order valence-corrected chi connectivity index (χ2v) is 6.37. The maximum atomic E-state index is 11.8. The molecule has 1 amide bonds. The fourth-order valence-corrected chi connectivity index (χ4v) is 2.12. The van der Waals surface area contributed by atoms with E-state index in [1.54, 1.807) is 11.2 Å². The Balaban J connectivity index is 1.80. The number of amides is 1. The van der Waals surface area contributed by atoms with Crippen molar-refractivity contribution in [2.75, 3.05) is 18.4 Å². The lowest BCUT2D eigenvalue weighted by molar-refractivity contribution is 0.0104. The Labute approximate surface area is 125 Å². The fraction of sp³-hybridized carbons (Fsp3) is 0.667. The zero-order chi connectivity index (χ0) is 15.5. The minimum Gasteiger partial charge on any atom is -0.444 e. The number of carbonyl (C=O) groups excluding carboxylic acids is 1. The molecule has 6 nitrogen and oxygen atoms in total. The lowest BCUT2D eigenvalue weighted by Gasteiger charge is -2.40. The van der Waals surface area contributed by atoms with Crippen molar-refractivity contribution in [3.8, 4) is 0 Å². The van der Waals surface area contributed by atoms with Gasteiger partial charge in [-0.15, -0.1) is 0 Å². The van der Waals surface area contributed by atoms with E-state index in [9.17, 15) is 4.79 Å². The topological polar surface area (TPSA) is 67.4 Å². The van der Waals surface area contributed by atoms with Gasteiger partial charge >= 0.3 is 6.09 Å². The van der Waals surface area contributed by atoms with E-state index in [4.69, 9.17) is 4.74 Å². The van der Waals surface area contributed by atoms with Crippen LogP contribution < -0.4 is 5.32 Å². The third-order valence-electron chi connectivity index (χ3n) is 3.12. The smallest absolute Gasteiger partial charge is 0.410 e. The van der Waals surface area contributed by atoms with Gasteiger partial charge in [0.25, 0.3) is 0 Å². The van der Waals surface area contributed by atoms with Crippen LogP contribution in [0.1, 0.15) is 39.8 Å². The van der Waals surface area contributed by atoms with Crippen molar-refractivity contribution in [1.29, 1.82) is 0 Å². The minimum absolute atomic E-state index is 0.224. The van der Waals surface area contributed by atoms with E-state index in [0.717, 1.165) is 24.4 Å². The predicted octanol–water partition coefficient (Wildman–Crippen LogP) is 2.46. The van der Waals surface area contributed by atoms with Crippen LogP contribution in [0, 0.1) is 0 Å². The van der Waals surface area contributed by atoms with Crippen molar-refractivity contribution in [3.63, 3.8) is 0 Å². The average Bonchev–Trinajstić information content (AvgIpc) is 2.32.